The zero-order valence-electron chi connectivity index (χ0n) is 9.25. The SMILES string of the molecule is COc1ncccc1-c1ccc(C(=O)O)cc1. The van der Waals surface area contributed by atoms with Gasteiger partial charge in [-0.15, -0.1) is 0 Å². The van der Waals surface area contributed by atoms with Gasteiger partial charge in [0.15, 0.2) is 0 Å². The van der Waals surface area contributed by atoms with E-state index in [1.807, 2.05) is 12.1 Å². The van der Waals surface area contributed by atoms with Crippen LogP contribution in [-0.2, 0) is 0 Å². The predicted molar refractivity (Wildman–Crippen MR) is 63.2 cm³/mol. The Balaban J connectivity index is 2.43. The van der Waals surface area contributed by atoms with Crippen molar-refractivity contribution in [2.45, 2.75) is 0 Å². The van der Waals surface area contributed by atoms with Crippen molar-refractivity contribution < 1.29 is 14.6 Å². The minimum absolute atomic E-state index is 0.261. The number of aromatic nitrogens is 1. The molecule has 0 fully saturated rings. The molecule has 1 aromatic carbocycles. The average molecular weight is 229 g/mol. The van der Waals surface area contributed by atoms with Gasteiger partial charge >= 0.3 is 5.97 Å². The van der Waals surface area contributed by atoms with Gasteiger partial charge in [-0.25, -0.2) is 9.78 Å². The Hall–Kier alpha value is -2.36. The predicted octanol–water partition coefficient (Wildman–Crippen LogP) is 2.46. The molecule has 0 amide bonds. The van der Waals surface area contributed by atoms with E-state index in [-0.39, 0.29) is 5.56 Å². The van der Waals surface area contributed by atoms with Crippen molar-refractivity contribution in [3.8, 4) is 17.0 Å². The van der Waals surface area contributed by atoms with Crippen LogP contribution in [0.15, 0.2) is 42.6 Å². The van der Waals surface area contributed by atoms with E-state index in [1.54, 1.807) is 37.6 Å². The molecule has 0 saturated heterocycles. The maximum atomic E-state index is 10.7. The lowest BCUT2D eigenvalue weighted by Crippen LogP contribution is -1.95. The zero-order valence-corrected chi connectivity index (χ0v) is 9.25. The highest BCUT2D eigenvalue weighted by Gasteiger charge is 2.07. The van der Waals surface area contributed by atoms with Crippen molar-refractivity contribution in [1.82, 2.24) is 4.98 Å². The summed E-state index contributed by atoms with van der Waals surface area (Å²) in [5.41, 5.74) is 1.98. The molecule has 0 aliphatic carbocycles. The topological polar surface area (TPSA) is 59.4 Å². The van der Waals surface area contributed by atoms with E-state index < -0.39 is 5.97 Å². The largest absolute Gasteiger partial charge is 0.481 e. The molecule has 1 heterocycles. The monoisotopic (exact) mass is 229 g/mol. The highest BCUT2D eigenvalue weighted by Crippen LogP contribution is 2.27. The molecule has 17 heavy (non-hydrogen) atoms. The number of carbonyl (C=O) groups is 1. The lowest BCUT2D eigenvalue weighted by Gasteiger charge is -2.06. The van der Waals surface area contributed by atoms with Crippen LogP contribution in [0.5, 0.6) is 5.88 Å². The summed E-state index contributed by atoms with van der Waals surface area (Å²) in [6, 6.07) is 10.3. The molecule has 1 aromatic heterocycles. The van der Waals surface area contributed by atoms with Gasteiger partial charge < -0.3 is 9.84 Å². The molecule has 86 valence electrons. The molecule has 2 rings (SSSR count). The van der Waals surface area contributed by atoms with Gasteiger partial charge in [-0.05, 0) is 29.8 Å². The van der Waals surface area contributed by atoms with Crippen LogP contribution in [-0.4, -0.2) is 23.2 Å². The molecule has 0 aliphatic rings. The number of carboxylic acid groups (broad SMARTS) is 1. The zero-order chi connectivity index (χ0) is 12.3. The van der Waals surface area contributed by atoms with Crippen molar-refractivity contribution in [2.24, 2.45) is 0 Å². The Morgan fingerprint density at radius 2 is 1.94 bits per heavy atom. The normalized spacial score (nSPS) is 9.94. The third-order valence-electron chi connectivity index (χ3n) is 2.41. The highest BCUT2D eigenvalue weighted by atomic mass is 16.5. The number of benzene rings is 1. The first-order chi connectivity index (χ1) is 8.22. The van der Waals surface area contributed by atoms with Crippen molar-refractivity contribution in [2.75, 3.05) is 7.11 Å². The smallest absolute Gasteiger partial charge is 0.335 e. The third kappa shape index (κ3) is 2.25. The lowest BCUT2D eigenvalue weighted by molar-refractivity contribution is 0.0697. The second-order valence-electron chi connectivity index (χ2n) is 3.44. The van der Waals surface area contributed by atoms with Crippen LogP contribution < -0.4 is 4.74 Å². The van der Waals surface area contributed by atoms with Gasteiger partial charge in [0.05, 0.1) is 12.7 Å². The van der Waals surface area contributed by atoms with E-state index in [2.05, 4.69) is 4.98 Å². The summed E-state index contributed by atoms with van der Waals surface area (Å²) < 4.78 is 5.15. The summed E-state index contributed by atoms with van der Waals surface area (Å²) in [6.45, 7) is 0. The number of rotatable bonds is 3. The van der Waals surface area contributed by atoms with Crippen LogP contribution in [0, 0.1) is 0 Å². The Bertz CT molecular complexity index is 535. The van der Waals surface area contributed by atoms with E-state index in [4.69, 9.17) is 9.84 Å². The number of methoxy groups -OCH3 is 1. The Labute approximate surface area is 98.5 Å². The molecule has 4 heteroatoms. The third-order valence-corrected chi connectivity index (χ3v) is 2.41. The first-order valence-electron chi connectivity index (χ1n) is 5.05. The molecule has 0 bridgehead atoms. The highest BCUT2D eigenvalue weighted by molar-refractivity contribution is 5.88. The minimum Gasteiger partial charge on any atom is -0.481 e. The quantitative estimate of drug-likeness (QED) is 0.878. The first kappa shape index (κ1) is 11.1. The maximum Gasteiger partial charge on any atom is 0.335 e. The summed E-state index contributed by atoms with van der Waals surface area (Å²) in [6.07, 6.45) is 1.65. The average Bonchev–Trinajstić information content (AvgIpc) is 2.39. The van der Waals surface area contributed by atoms with Crippen molar-refractivity contribution in [1.29, 1.82) is 0 Å². The van der Waals surface area contributed by atoms with Crippen LogP contribution >= 0.6 is 0 Å². The fraction of sp³-hybridized carbons (Fsp3) is 0.0769. The first-order valence-corrected chi connectivity index (χ1v) is 5.05. The second kappa shape index (κ2) is 4.65. The van der Waals surface area contributed by atoms with E-state index in [1.165, 1.54) is 0 Å². The van der Waals surface area contributed by atoms with Gasteiger partial charge in [-0.2, -0.15) is 0 Å². The van der Waals surface area contributed by atoms with Crippen molar-refractivity contribution in [3.05, 3.63) is 48.2 Å². The summed E-state index contributed by atoms with van der Waals surface area (Å²) in [4.78, 5) is 14.8. The maximum absolute atomic E-state index is 10.7. The van der Waals surface area contributed by atoms with Gasteiger partial charge in [-0.1, -0.05) is 12.1 Å². The molecule has 4 nitrogen and oxygen atoms in total. The molecule has 0 spiro atoms. The van der Waals surface area contributed by atoms with Gasteiger partial charge in [0.25, 0.3) is 0 Å². The molecular formula is C13H11NO3. The van der Waals surface area contributed by atoms with E-state index >= 15 is 0 Å². The van der Waals surface area contributed by atoms with E-state index in [0.717, 1.165) is 11.1 Å². The standard InChI is InChI=1S/C13H11NO3/c1-17-12-11(3-2-8-14-12)9-4-6-10(7-5-9)13(15)16/h2-8H,1H3,(H,15,16). The van der Waals surface area contributed by atoms with Gasteiger partial charge in [0, 0.05) is 11.8 Å². The Morgan fingerprint density at radius 3 is 2.53 bits per heavy atom. The van der Waals surface area contributed by atoms with Crippen LogP contribution in [0.4, 0.5) is 0 Å². The number of nitrogens with zero attached hydrogens (tertiary/aromatic N) is 1. The number of ether oxygens (including phenoxy) is 1. The molecule has 0 saturated carbocycles. The fourth-order valence-corrected chi connectivity index (χ4v) is 1.57. The van der Waals surface area contributed by atoms with Crippen molar-refractivity contribution >= 4 is 5.97 Å². The molecule has 0 atom stereocenters. The number of aromatic carboxylic acids is 1. The van der Waals surface area contributed by atoms with E-state index in [0.29, 0.717) is 5.88 Å². The molecular weight excluding hydrogens is 218 g/mol. The van der Waals surface area contributed by atoms with Crippen molar-refractivity contribution in [3.63, 3.8) is 0 Å². The lowest BCUT2D eigenvalue weighted by atomic mass is 10.1. The fourth-order valence-electron chi connectivity index (χ4n) is 1.57. The summed E-state index contributed by atoms with van der Waals surface area (Å²) in [5.74, 6) is -0.412. The van der Waals surface area contributed by atoms with Crippen LogP contribution in [0.1, 0.15) is 10.4 Å². The number of hydrogen-bond acceptors (Lipinski definition) is 3. The van der Waals surface area contributed by atoms with Gasteiger partial charge in [0.1, 0.15) is 0 Å². The Kier molecular flexibility index (Phi) is 3.05. The summed E-state index contributed by atoms with van der Waals surface area (Å²) in [7, 11) is 1.55. The minimum atomic E-state index is -0.935. The van der Waals surface area contributed by atoms with Crippen LogP contribution in [0.2, 0.25) is 0 Å². The molecule has 0 unspecified atom stereocenters. The second-order valence-corrected chi connectivity index (χ2v) is 3.44. The number of pyridine rings is 1. The van der Waals surface area contributed by atoms with Gasteiger partial charge in [0.2, 0.25) is 5.88 Å². The molecule has 2 aromatic rings. The van der Waals surface area contributed by atoms with E-state index in [9.17, 15) is 4.79 Å². The molecule has 0 radical (unpaired) electrons. The summed E-state index contributed by atoms with van der Waals surface area (Å²) >= 11 is 0. The molecule has 0 aliphatic heterocycles. The van der Waals surface area contributed by atoms with Crippen LogP contribution in [0.25, 0.3) is 11.1 Å². The summed E-state index contributed by atoms with van der Waals surface area (Å²) in [5, 5.41) is 8.81. The van der Waals surface area contributed by atoms with Crippen LogP contribution in [0.3, 0.4) is 0 Å². The number of hydrogen-bond donors (Lipinski definition) is 1. The Morgan fingerprint density at radius 1 is 1.24 bits per heavy atom. The molecule has 1 N–H and O–H groups in total. The number of carboxylic acids is 1. The van der Waals surface area contributed by atoms with Gasteiger partial charge in [-0.3, -0.25) is 0 Å².